The molecule has 2 aromatic rings. The van der Waals surface area contributed by atoms with Crippen LogP contribution in [0.5, 0.6) is 5.75 Å². The molecule has 6 nitrogen and oxygen atoms in total. The Balaban J connectivity index is 2.38. The molecule has 0 amide bonds. The van der Waals surface area contributed by atoms with E-state index in [2.05, 4.69) is 20.8 Å². The van der Waals surface area contributed by atoms with Gasteiger partial charge in [0.05, 0.1) is 10.6 Å². The third-order valence-electron chi connectivity index (χ3n) is 5.22. The molecule has 0 aliphatic heterocycles. The van der Waals surface area contributed by atoms with Crippen LogP contribution in [0.3, 0.4) is 0 Å². The third kappa shape index (κ3) is 6.54. The highest BCUT2D eigenvalue weighted by atomic mass is 32.2. The maximum absolute atomic E-state index is 13.5. The lowest BCUT2D eigenvalue weighted by Crippen LogP contribution is -2.37. The second-order valence-electron chi connectivity index (χ2n) is 8.66. The van der Waals surface area contributed by atoms with Gasteiger partial charge in [-0.15, -0.1) is 0 Å². The van der Waals surface area contributed by atoms with Crippen molar-refractivity contribution in [1.82, 2.24) is 4.31 Å². The molecule has 2 rings (SSSR count). The van der Waals surface area contributed by atoms with E-state index in [0.29, 0.717) is 12.0 Å². The standard InChI is InChI=1S/C23H33NO5S2/c1-7-18(3)24(17-19-10-9-11-21(16-19)29-30(25,26)8-2)31(27,28)22-14-12-20(13-15-22)23(4,5)6/h9-16,18H,7-8,17H2,1-6H3. The lowest BCUT2D eigenvalue weighted by atomic mass is 9.87. The van der Waals surface area contributed by atoms with Crippen LogP contribution >= 0.6 is 0 Å². The van der Waals surface area contributed by atoms with Gasteiger partial charge in [-0.3, -0.25) is 0 Å². The quantitative estimate of drug-likeness (QED) is 0.499. The Morgan fingerprint density at radius 1 is 0.968 bits per heavy atom. The summed E-state index contributed by atoms with van der Waals surface area (Å²) in [4.78, 5) is 0.238. The molecule has 0 saturated heterocycles. The summed E-state index contributed by atoms with van der Waals surface area (Å²) in [5.41, 5.74) is 1.64. The number of rotatable bonds is 9. The molecule has 1 atom stereocenters. The lowest BCUT2D eigenvalue weighted by molar-refractivity contribution is 0.322. The number of hydrogen-bond acceptors (Lipinski definition) is 5. The molecule has 0 heterocycles. The summed E-state index contributed by atoms with van der Waals surface area (Å²) in [7, 11) is -7.41. The van der Waals surface area contributed by atoms with E-state index in [-0.39, 0.29) is 34.4 Å². The molecule has 172 valence electrons. The van der Waals surface area contributed by atoms with E-state index in [1.165, 1.54) is 11.2 Å². The van der Waals surface area contributed by atoms with E-state index in [4.69, 9.17) is 4.18 Å². The van der Waals surface area contributed by atoms with Gasteiger partial charge in [0.1, 0.15) is 5.75 Å². The number of sulfonamides is 1. The fourth-order valence-electron chi connectivity index (χ4n) is 3.02. The van der Waals surface area contributed by atoms with Gasteiger partial charge in [0.15, 0.2) is 0 Å². The van der Waals surface area contributed by atoms with Crippen LogP contribution in [0.4, 0.5) is 0 Å². The van der Waals surface area contributed by atoms with Crippen molar-refractivity contribution in [2.45, 2.75) is 70.9 Å². The second kappa shape index (κ2) is 9.71. The van der Waals surface area contributed by atoms with Crippen LogP contribution in [-0.4, -0.2) is 32.9 Å². The highest BCUT2D eigenvalue weighted by Gasteiger charge is 2.29. The van der Waals surface area contributed by atoms with Crippen LogP contribution in [0, 0.1) is 0 Å². The molecule has 31 heavy (non-hydrogen) atoms. The van der Waals surface area contributed by atoms with Gasteiger partial charge in [-0.2, -0.15) is 12.7 Å². The molecule has 2 aromatic carbocycles. The fourth-order valence-corrected chi connectivity index (χ4v) is 5.23. The number of benzene rings is 2. The van der Waals surface area contributed by atoms with Crippen LogP contribution in [0.2, 0.25) is 0 Å². The Hall–Kier alpha value is -1.90. The Bertz CT molecular complexity index is 1090. The molecule has 0 aromatic heterocycles. The van der Waals surface area contributed by atoms with E-state index in [9.17, 15) is 16.8 Å². The van der Waals surface area contributed by atoms with Crippen LogP contribution in [0.1, 0.15) is 59.1 Å². The molecule has 0 saturated carbocycles. The Morgan fingerprint density at radius 2 is 1.58 bits per heavy atom. The Kier molecular flexibility index (Phi) is 7.94. The molecule has 0 fully saturated rings. The van der Waals surface area contributed by atoms with Gasteiger partial charge < -0.3 is 4.18 Å². The first kappa shape index (κ1) is 25.4. The van der Waals surface area contributed by atoms with Crippen molar-refractivity contribution in [1.29, 1.82) is 0 Å². The average molecular weight is 468 g/mol. The summed E-state index contributed by atoms with van der Waals surface area (Å²) < 4.78 is 57.0. The monoisotopic (exact) mass is 467 g/mol. The van der Waals surface area contributed by atoms with Gasteiger partial charge in [0.25, 0.3) is 0 Å². The first-order valence-corrected chi connectivity index (χ1v) is 13.5. The smallest absolute Gasteiger partial charge is 0.308 e. The number of nitrogens with zero attached hydrogens (tertiary/aromatic N) is 1. The minimum Gasteiger partial charge on any atom is -0.382 e. The maximum Gasteiger partial charge on any atom is 0.308 e. The van der Waals surface area contributed by atoms with Crippen LogP contribution < -0.4 is 4.18 Å². The largest absolute Gasteiger partial charge is 0.382 e. The van der Waals surface area contributed by atoms with Crippen LogP contribution in [0.25, 0.3) is 0 Å². The zero-order chi connectivity index (χ0) is 23.4. The van der Waals surface area contributed by atoms with Crippen molar-refractivity contribution in [3.05, 3.63) is 59.7 Å². The summed E-state index contributed by atoms with van der Waals surface area (Å²) in [5.74, 6) is 0.0326. The number of hydrogen-bond donors (Lipinski definition) is 0. The van der Waals surface area contributed by atoms with E-state index in [0.717, 1.165) is 5.56 Å². The molecule has 0 N–H and O–H groups in total. The summed E-state index contributed by atoms with van der Waals surface area (Å²) >= 11 is 0. The summed E-state index contributed by atoms with van der Waals surface area (Å²) in [6, 6.07) is 13.3. The van der Waals surface area contributed by atoms with Crippen molar-refractivity contribution in [2.24, 2.45) is 0 Å². The Labute approximate surface area is 187 Å². The summed E-state index contributed by atoms with van der Waals surface area (Å²) in [5, 5.41) is 0. The highest BCUT2D eigenvalue weighted by Crippen LogP contribution is 2.27. The average Bonchev–Trinajstić information content (AvgIpc) is 2.70. The highest BCUT2D eigenvalue weighted by molar-refractivity contribution is 7.89. The summed E-state index contributed by atoms with van der Waals surface area (Å²) in [6.07, 6.45) is 0.639. The molecule has 0 aliphatic carbocycles. The van der Waals surface area contributed by atoms with Gasteiger partial charge in [0, 0.05) is 12.6 Å². The molecular weight excluding hydrogens is 434 g/mol. The second-order valence-corrected chi connectivity index (χ2v) is 12.4. The van der Waals surface area contributed by atoms with Crippen molar-refractivity contribution >= 4 is 20.1 Å². The predicted molar refractivity (Wildman–Crippen MR) is 124 cm³/mol. The first-order valence-electron chi connectivity index (χ1n) is 10.4. The van der Waals surface area contributed by atoms with Crippen molar-refractivity contribution in [3.8, 4) is 5.75 Å². The van der Waals surface area contributed by atoms with Crippen LogP contribution in [-0.2, 0) is 32.1 Å². The SMILES string of the molecule is CCC(C)N(Cc1cccc(OS(=O)(=O)CC)c1)S(=O)(=O)c1ccc(C(C)(C)C)cc1. The van der Waals surface area contributed by atoms with Gasteiger partial charge in [-0.25, -0.2) is 8.42 Å². The van der Waals surface area contributed by atoms with Gasteiger partial charge in [-0.1, -0.05) is 52.0 Å². The predicted octanol–water partition coefficient (Wildman–Crippen LogP) is 4.70. The van der Waals surface area contributed by atoms with Crippen molar-refractivity contribution in [2.75, 3.05) is 5.75 Å². The molecular formula is C23H33NO5S2. The fraction of sp³-hybridized carbons (Fsp3) is 0.478. The molecule has 0 spiro atoms. The zero-order valence-corrected chi connectivity index (χ0v) is 20.8. The van der Waals surface area contributed by atoms with Crippen LogP contribution in [0.15, 0.2) is 53.4 Å². The minimum atomic E-state index is -3.75. The van der Waals surface area contributed by atoms with Gasteiger partial charge >= 0.3 is 10.1 Å². The normalized spacial score (nSPS) is 13.9. The topological polar surface area (TPSA) is 80.8 Å². The van der Waals surface area contributed by atoms with E-state index in [1.54, 1.807) is 36.4 Å². The Morgan fingerprint density at radius 3 is 2.10 bits per heavy atom. The minimum absolute atomic E-state index is 0.0715. The van der Waals surface area contributed by atoms with Crippen molar-refractivity contribution < 1.29 is 21.0 Å². The molecule has 0 bridgehead atoms. The zero-order valence-electron chi connectivity index (χ0n) is 19.1. The first-order chi connectivity index (χ1) is 14.3. The van der Waals surface area contributed by atoms with E-state index in [1.807, 2.05) is 26.0 Å². The third-order valence-corrected chi connectivity index (χ3v) is 8.35. The molecule has 8 heteroatoms. The van der Waals surface area contributed by atoms with E-state index >= 15 is 0 Å². The molecule has 1 unspecified atom stereocenters. The van der Waals surface area contributed by atoms with E-state index < -0.39 is 20.1 Å². The molecule has 0 radical (unpaired) electrons. The molecule has 0 aliphatic rings. The van der Waals surface area contributed by atoms with Gasteiger partial charge in [0.2, 0.25) is 10.0 Å². The summed E-state index contributed by atoms with van der Waals surface area (Å²) in [6.45, 7) is 11.6. The van der Waals surface area contributed by atoms with Gasteiger partial charge in [-0.05, 0) is 61.1 Å². The lowest BCUT2D eigenvalue weighted by Gasteiger charge is -2.28. The van der Waals surface area contributed by atoms with Crippen molar-refractivity contribution in [3.63, 3.8) is 0 Å². The maximum atomic E-state index is 13.5.